The lowest BCUT2D eigenvalue weighted by molar-refractivity contribution is 0.476. The first-order valence-corrected chi connectivity index (χ1v) is 5.42. The molecule has 2 rings (SSSR count). The van der Waals surface area contributed by atoms with Crippen LogP contribution in [0.1, 0.15) is 12.8 Å². The summed E-state index contributed by atoms with van der Waals surface area (Å²) in [7, 11) is 0. The van der Waals surface area contributed by atoms with Gasteiger partial charge in [0.1, 0.15) is 0 Å². The van der Waals surface area contributed by atoms with Crippen molar-refractivity contribution in [1.29, 1.82) is 0 Å². The molecule has 3 nitrogen and oxygen atoms in total. The van der Waals surface area contributed by atoms with Crippen LogP contribution < -0.4 is 10.6 Å². The first-order chi connectivity index (χ1) is 7.25. The molecule has 1 aliphatic heterocycles. The fraction of sp³-hybridized carbons (Fsp3) is 0.500. The van der Waals surface area contributed by atoms with Crippen molar-refractivity contribution in [3.05, 3.63) is 23.1 Å². The van der Waals surface area contributed by atoms with E-state index in [2.05, 4.69) is 15.6 Å². The number of hydrogen-bond acceptors (Lipinski definition) is 3. The Bertz CT molecular complexity index is 339. The van der Waals surface area contributed by atoms with Crippen LogP contribution in [0.5, 0.6) is 0 Å². The average molecular weight is 230 g/mol. The number of piperidine rings is 1. The van der Waals surface area contributed by atoms with E-state index in [1.54, 1.807) is 0 Å². The fourth-order valence-electron chi connectivity index (χ4n) is 1.69. The lowest BCUT2D eigenvalue weighted by atomic mass is 10.1. The maximum atomic E-state index is 13.4. The van der Waals surface area contributed by atoms with Gasteiger partial charge in [-0.25, -0.2) is 9.37 Å². The second-order valence-corrected chi connectivity index (χ2v) is 4.11. The van der Waals surface area contributed by atoms with Gasteiger partial charge in [0, 0.05) is 18.8 Å². The molecular weight excluding hydrogens is 217 g/mol. The summed E-state index contributed by atoms with van der Waals surface area (Å²) in [6, 6.07) is 1.52. The summed E-state index contributed by atoms with van der Waals surface area (Å²) in [6.07, 6.45) is 3.59. The van der Waals surface area contributed by atoms with Crippen LogP contribution in [0.2, 0.25) is 5.02 Å². The highest BCUT2D eigenvalue weighted by molar-refractivity contribution is 6.30. The maximum Gasteiger partial charge on any atom is 0.166 e. The molecule has 1 fully saturated rings. The molecule has 0 aliphatic carbocycles. The highest BCUT2D eigenvalue weighted by atomic mass is 35.5. The Hall–Kier alpha value is -0.870. The van der Waals surface area contributed by atoms with Crippen LogP contribution in [-0.4, -0.2) is 24.1 Å². The molecule has 0 amide bonds. The number of hydrogen-bond donors (Lipinski definition) is 2. The van der Waals surface area contributed by atoms with Crippen LogP contribution in [0.15, 0.2) is 12.3 Å². The molecule has 0 bridgehead atoms. The van der Waals surface area contributed by atoms with E-state index < -0.39 is 5.82 Å². The van der Waals surface area contributed by atoms with Crippen molar-refractivity contribution in [2.45, 2.75) is 18.9 Å². The van der Waals surface area contributed by atoms with E-state index in [9.17, 15) is 4.39 Å². The summed E-state index contributed by atoms with van der Waals surface area (Å²) >= 11 is 5.62. The molecule has 15 heavy (non-hydrogen) atoms. The normalized spacial score (nSPS) is 21.3. The Morgan fingerprint density at radius 1 is 1.60 bits per heavy atom. The Balaban J connectivity index is 2.03. The summed E-state index contributed by atoms with van der Waals surface area (Å²) < 4.78 is 13.4. The van der Waals surface area contributed by atoms with Crippen molar-refractivity contribution in [2.75, 3.05) is 18.4 Å². The predicted molar refractivity (Wildman–Crippen MR) is 58.7 cm³/mol. The Kier molecular flexibility index (Phi) is 3.38. The van der Waals surface area contributed by atoms with E-state index in [1.165, 1.54) is 12.3 Å². The third-order valence-corrected chi connectivity index (χ3v) is 2.65. The molecule has 0 spiro atoms. The fourth-order valence-corrected chi connectivity index (χ4v) is 1.83. The quantitative estimate of drug-likeness (QED) is 0.815. The number of aromatic nitrogens is 1. The second-order valence-electron chi connectivity index (χ2n) is 3.67. The number of pyridine rings is 1. The van der Waals surface area contributed by atoms with E-state index in [4.69, 9.17) is 11.6 Å². The van der Waals surface area contributed by atoms with Gasteiger partial charge in [-0.15, -0.1) is 0 Å². The van der Waals surface area contributed by atoms with Crippen LogP contribution in [-0.2, 0) is 0 Å². The van der Waals surface area contributed by atoms with Gasteiger partial charge in [-0.1, -0.05) is 11.6 Å². The minimum absolute atomic E-state index is 0.252. The van der Waals surface area contributed by atoms with Gasteiger partial charge in [0.05, 0.1) is 5.02 Å². The van der Waals surface area contributed by atoms with Gasteiger partial charge in [0.15, 0.2) is 11.6 Å². The highest BCUT2D eigenvalue weighted by Gasteiger charge is 2.14. The average Bonchev–Trinajstić information content (AvgIpc) is 2.24. The molecule has 1 atom stereocenters. The van der Waals surface area contributed by atoms with Gasteiger partial charge in [-0.05, 0) is 25.5 Å². The molecule has 5 heteroatoms. The standard InChI is InChI=1S/C10H13ClFN3/c11-7-4-9(12)10(14-5-7)15-8-2-1-3-13-6-8/h4-5,8,13H,1-3,6H2,(H,14,15). The van der Waals surface area contributed by atoms with Crippen molar-refractivity contribution in [2.24, 2.45) is 0 Å². The van der Waals surface area contributed by atoms with E-state index in [0.717, 1.165) is 25.9 Å². The zero-order valence-corrected chi connectivity index (χ0v) is 9.02. The van der Waals surface area contributed by atoms with Gasteiger partial charge < -0.3 is 10.6 Å². The van der Waals surface area contributed by atoms with Gasteiger partial charge in [-0.3, -0.25) is 0 Å². The van der Waals surface area contributed by atoms with E-state index in [0.29, 0.717) is 5.02 Å². The van der Waals surface area contributed by atoms with Crippen LogP contribution in [0.25, 0.3) is 0 Å². The molecule has 1 aliphatic rings. The van der Waals surface area contributed by atoms with Crippen molar-refractivity contribution in [1.82, 2.24) is 10.3 Å². The largest absolute Gasteiger partial charge is 0.364 e. The second kappa shape index (κ2) is 4.77. The summed E-state index contributed by atoms with van der Waals surface area (Å²) in [5.41, 5.74) is 0. The van der Waals surface area contributed by atoms with Crippen LogP contribution in [0, 0.1) is 5.82 Å². The third-order valence-electron chi connectivity index (χ3n) is 2.45. The van der Waals surface area contributed by atoms with E-state index >= 15 is 0 Å². The molecule has 0 saturated carbocycles. The molecule has 2 heterocycles. The van der Waals surface area contributed by atoms with Crippen LogP contribution in [0.3, 0.4) is 0 Å². The molecular formula is C10H13ClFN3. The first-order valence-electron chi connectivity index (χ1n) is 5.04. The third kappa shape index (κ3) is 2.79. The smallest absolute Gasteiger partial charge is 0.166 e. The van der Waals surface area contributed by atoms with E-state index in [-0.39, 0.29) is 11.9 Å². The Labute approximate surface area is 93.0 Å². The number of anilines is 1. The molecule has 1 aromatic heterocycles. The maximum absolute atomic E-state index is 13.4. The van der Waals surface area contributed by atoms with Gasteiger partial charge in [0.2, 0.25) is 0 Å². The monoisotopic (exact) mass is 229 g/mol. The predicted octanol–water partition coefficient (Wildman–Crippen LogP) is 2.04. The molecule has 82 valence electrons. The van der Waals surface area contributed by atoms with Crippen molar-refractivity contribution < 1.29 is 4.39 Å². The van der Waals surface area contributed by atoms with E-state index in [1.807, 2.05) is 0 Å². The SMILES string of the molecule is Fc1cc(Cl)cnc1NC1CCCNC1. The highest BCUT2D eigenvalue weighted by Crippen LogP contribution is 2.17. The summed E-state index contributed by atoms with van der Waals surface area (Å²) in [5.74, 6) is -0.110. The number of rotatable bonds is 2. The zero-order valence-electron chi connectivity index (χ0n) is 8.26. The van der Waals surface area contributed by atoms with Gasteiger partial charge in [-0.2, -0.15) is 0 Å². The number of nitrogens with one attached hydrogen (secondary N) is 2. The van der Waals surface area contributed by atoms with Crippen LogP contribution >= 0.6 is 11.6 Å². The van der Waals surface area contributed by atoms with Crippen LogP contribution in [0.4, 0.5) is 10.2 Å². The van der Waals surface area contributed by atoms with Crippen molar-refractivity contribution >= 4 is 17.4 Å². The molecule has 2 N–H and O–H groups in total. The summed E-state index contributed by atoms with van der Waals surface area (Å²) in [6.45, 7) is 1.89. The summed E-state index contributed by atoms with van der Waals surface area (Å²) in [4.78, 5) is 3.93. The molecule has 0 aromatic carbocycles. The topological polar surface area (TPSA) is 37.0 Å². The molecule has 1 saturated heterocycles. The number of nitrogens with zero attached hydrogens (tertiary/aromatic N) is 1. The molecule has 1 aromatic rings. The van der Waals surface area contributed by atoms with Gasteiger partial charge in [0.25, 0.3) is 0 Å². The lowest BCUT2D eigenvalue weighted by Gasteiger charge is -2.24. The first kappa shape index (κ1) is 10.6. The van der Waals surface area contributed by atoms with Crippen molar-refractivity contribution in [3.63, 3.8) is 0 Å². The molecule has 1 unspecified atom stereocenters. The number of halogens is 2. The Morgan fingerprint density at radius 3 is 3.13 bits per heavy atom. The lowest BCUT2D eigenvalue weighted by Crippen LogP contribution is -2.38. The molecule has 0 radical (unpaired) electrons. The minimum atomic E-state index is -0.395. The minimum Gasteiger partial charge on any atom is -0.364 e. The van der Waals surface area contributed by atoms with Gasteiger partial charge >= 0.3 is 0 Å². The summed E-state index contributed by atoms with van der Waals surface area (Å²) in [5, 5.41) is 6.64. The zero-order chi connectivity index (χ0) is 10.7. The van der Waals surface area contributed by atoms with Crippen molar-refractivity contribution in [3.8, 4) is 0 Å². The Morgan fingerprint density at radius 2 is 2.47 bits per heavy atom.